The largest absolute Gasteiger partial charge is 0.907 e. The summed E-state index contributed by atoms with van der Waals surface area (Å²) in [6.07, 6.45) is 0. The van der Waals surface area contributed by atoms with Gasteiger partial charge >= 0.3 is 0 Å². The molecule has 0 aromatic heterocycles. The molecule has 0 heterocycles. The summed E-state index contributed by atoms with van der Waals surface area (Å²) in [5.74, 6) is 0. The van der Waals surface area contributed by atoms with Crippen molar-refractivity contribution in [1.29, 1.82) is 0 Å². The second-order valence-electron chi connectivity index (χ2n) is 15.0. The lowest BCUT2D eigenvalue weighted by molar-refractivity contribution is -0.849. The lowest BCUT2D eigenvalue weighted by Crippen LogP contribution is -2.56. The minimum absolute atomic E-state index is 0.559. The predicted molar refractivity (Wildman–Crippen MR) is 243 cm³/mol. The first-order valence-electron chi connectivity index (χ1n) is 19.6. The summed E-state index contributed by atoms with van der Waals surface area (Å²) in [6.45, 7) is 0. The van der Waals surface area contributed by atoms with Gasteiger partial charge in [-0.3, -0.25) is 7.32 Å². The topological polar surface area (TPSA) is 69.2 Å². The molecule has 0 bridgehead atoms. The normalized spacial score (nSPS) is 11.0. The first-order valence-corrected chi connectivity index (χ1v) is 19.6. The van der Waals surface area contributed by atoms with E-state index < -0.39 is 7.32 Å². The van der Waals surface area contributed by atoms with Crippen molar-refractivity contribution in [3.8, 4) is 0 Å². The molecule has 0 radical (unpaired) electrons. The second kappa shape index (κ2) is 21.4. The Kier molecular flexibility index (Phi) is 15.8. The Balaban J connectivity index is 0.000000186. The molecule has 59 heavy (non-hydrogen) atoms. The van der Waals surface area contributed by atoms with E-state index in [1.165, 1.54) is 45.5 Å². The zero-order valence-electron chi connectivity index (χ0n) is 34.2. The molecule has 8 aromatic rings. The van der Waals surface area contributed by atoms with Crippen molar-refractivity contribution in [2.45, 2.75) is 0 Å². The van der Waals surface area contributed by atoms with Crippen LogP contribution in [0.4, 0.5) is 45.5 Å². The van der Waals surface area contributed by atoms with Crippen LogP contribution in [0.2, 0.25) is 0 Å². The minimum Gasteiger partial charge on any atom is -0.907 e. The molecule has 296 valence electrons. The molecular formula is C52H52BN3O3. The van der Waals surface area contributed by atoms with Gasteiger partial charge in [0.25, 0.3) is 0 Å². The lowest BCUT2D eigenvalue weighted by atomic mass is 10.1. The molecule has 8 aromatic carbocycles. The molecule has 0 fully saturated rings. The van der Waals surface area contributed by atoms with Crippen LogP contribution in [-0.4, -0.2) is 40.0 Å². The molecule has 0 atom stereocenters. The number of para-hydroxylation sites is 8. The highest BCUT2D eigenvalue weighted by Gasteiger charge is 2.40. The SMILES string of the molecule is C[N+](C)(C)C.[O-]B([O-])[O-].c1ccc([N+](c2ccccc2)(c2ccccc2)c2ccccc2)cc1.c1ccc([N+](c2ccccc2)(c2ccccc2)c2ccccc2)cc1. The minimum atomic E-state index is -2.92. The summed E-state index contributed by atoms with van der Waals surface area (Å²) in [7, 11) is 5.58. The van der Waals surface area contributed by atoms with Gasteiger partial charge < -0.3 is 19.6 Å². The van der Waals surface area contributed by atoms with Crippen molar-refractivity contribution >= 4 is 52.8 Å². The van der Waals surface area contributed by atoms with Crippen molar-refractivity contribution in [3.05, 3.63) is 243 Å². The summed E-state index contributed by atoms with van der Waals surface area (Å²) in [5, 5.41) is 25.2. The summed E-state index contributed by atoms with van der Waals surface area (Å²) in [5.41, 5.74) is 9.71. The Morgan fingerprint density at radius 3 is 0.407 bits per heavy atom. The van der Waals surface area contributed by atoms with Crippen molar-refractivity contribution in [3.63, 3.8) is 0 Å². The van der Waals surface area contributed by atoms with Crippen LogP contribution < -0.4 is 24.0 Å². The Morgan fingerprint density at radius 1 is 0.237 bits per heavy atom. The number of nitrogens with zero attached hydrogens (tertiary/aromatic N) is 3. The molecule has 0 saturated heterocycles. The van der Waals surface area contributed by atoms with Gasteiger partial charge in [-0.25, -0.2) is 0 Å². The molecule has 6 nitrogen and oxygen atoms in total. The molecule has 8 rings (SSSR count). The zero-order chi connectivity index (χ0) is 42.0. The number of rotatable bonds is 8. The average Bonchev–Trinajstić information content (AvgIpc) is 3.27. The van der Waals surface area contributed by atoms with Crippen LogP contribution in [-0.2, 0) is 0 Å². The summed E-state index contributed by atoms with van der Waals surface area (Å²) in [4.78, 5) is 0. The van der Waals surface area contributed by atoms with E-state index in [1.807, 2.05) is 0 Å². The summed E-state index contributed by atoms with van der Waals surface area (Å²) >= 11 is 0. The fourth-order valence-electron chi connectivity index (χ4n) is 7.00. The smallest absolute Gasteiger partial charge is 0.148 e. The Morgan fingerprint density at radius 2 is 0.322 bits per heavy atom. The van der Waals surface area contributed by atoms with Gasteiger partial charge in [-0.15, -0.1) is 0 Å². The maximum absolute atomic E-state index is 8.42. The van der Waals surface area contributed by atoms with E-state index in [-0.39, 0.29) is 0 Å². The maximum Gasteiger partial charge on any atom is 0.148 e. The predicted octanol–water partition coefficient (Wildman–Crippen LogP) is 10.4. The molecule has 0 N–H and O–H groups in total. The zero-order valence-corrected chi connectivity index (χ0v) is 34.2. The third-order valence-corrected chi connectivity index (χ3v) is 9.15. The Bertz CT molecular complexity index is 1840. The van der Waals surface area contributed by atoms with Gasteiger partial charge in [-0.1, -0.05) is 146 Å². The Hall–Kier alpha value is -6.42. The van der Waals surface area contributed by atoms with E-state index in [4.69, 9.17) is 15.1 Å². The Labute approximate surface area is 351 Å². The molecule has 7 heteroatoms. The molecule has 0 saturated carbocycles. The molecule has 0 aliphatic carbocycles. The van der Waals surface area contributed by atoms with Gasteiger partial charge in [0.15, 0.2) is 0 Å². The van der Waals surface area contributed by atoms with Gasteiger partial charge in [-0.2, -0.15) is 8.97 Å². The van der Waals surface area contributed by atoms with E-state index in [0.717, 1.165) is 4.48 Å². The van der Waals surface area contributed by atoms with Gasteiger partial charge in [0.1, 0.15) is 45.5 Å². The van der Waals surface area contributed by atoms with Crippen LogP contribution in [0.3, 0.4) is 0 Å². The highest BCUT2D eigenvalue weighted by atomic mass is 16.5. The fourth-order valence-corrected chi connectivity index (χ4v) is 7.00. The monoisotopic (exact) mass is 777 g/mol. The van der Waals surface area contributed by atoms with E-state index in [1.54, 1.807) is 0 Å². The first-order chi connectivity index (χ1) is 28.6. The van der Waals surface area contributed by atoms with E-state index in [9.17, 15) is 0 Å². The third kappa shape index (κ3) is 11.4. The van der Waals surface area contributed by atoms with Crippen molar-refractivity contribution in [2.75, 3.05) is 28.2 Å². The second-order valence-corrected chi connectivity index (χ2v) is 15.0. The number of hydrogen-bond donors (Lipinski definition) is 0. The van der Waals surface area contributed by atoms with Gasteiger partial charge in [0.2, 0.25) is 0 Å². The molecule has 0 amide bonds. The van der Waals surface area contributed by atoms with E-state index in [2.05, 4.69) is 271 Å². The van der Waals surface area contributed by atoms with Crippen LogP contribution in [0.1, 0.15) is 0 Å². The van der Waals surface area contributed by atoms with E-state index >= 15 is 0 Å². The first kappa shape index (κ1) is 43.7. The van der Waals surface area contributed by atoms with Crippen LogP contribution in [0, 0.1) is 0 Å². The number of benzene rings is 8. The van der Waals surface area contributed by atoms with Crippen LogP contribution >= 0.6 is 0 Å². The molecule has 0 spiro atoms. The highest BCUT2D eigenvalue weighted by Crippen LogP contribution is 2.52. The van der Waals surface area contributed by atoms with Gasteiger partial charge in [0, 0.05) is 97.1 Å². The van der Waals surface area contributed by atoms with E-state index in [0.29, 0.717) is 8.97 Å². The van der Waals surface area contributed by atoms with Crippen LogP contribution in [0.15, 0.2) is 243 Å². The fraction of sp³-hybridized carbons (Fsp3) is 0.0769. The van der Waals surface area contributed by atoms with Crippen molar-refractivity contribution in [1.82, 2.24) is 8.97 Å². The van der Waals surface area contributed by atoms with Crippen LogP contribution in [0.5, 0.6) is 0 Å². The highest BCUT2D eigenvalue weighted by molar-refractivity contribution is 6.24. The van der Waals surface area contributed by atoms with Crippen molar-refractivity contribution in [2.24, 2.45) is 0 Å². The van der Waals surface area contributed by atoms with Crippen molar-refractivity contribution < 1.29 is 19.6 Å². The quantitative estimate of drug-likeness (QED) is 0.114. The third-order valence-electron chi connectivity index (χ3n) is 9.15. The summed E-state index contributed by atoms with van der Waals surface area (Å²) < 4.78 is 2.12. The summed E-state index contributed by atoms with van der Waals surface area (Å²) in [6, 6.07) is 85.5. The standard InChI is InChI=1S/2C24H20N.C4H12N.BO3/c2*1-5-13-21(14-6-1)25(22-15-7-2-8-16-22,23-17-9-3-10-18-23)24-19-11-4-12-20-24;1-5(2,3)4;2-1(3)4/h2*1-20H;1-4H3;/q3*+1;-3. The molecular weight excluding hydrogens is 725 g/mol. The lowest BCUT2D eigenvalue weighted by Gasteiger charge is -2.37. The number of hydrogen-bond acceptors (Lipinski definition) is 3. The number of quaternary nitrogens is 3. The van der Waals surface area contributed by atoms with Crippen LogP contribution in [0.25, 0.3) is 0 Å². The average molecular weight is 778 g/mol. The van der Waals surface area contributed by atoms with Gasteiger partial charge in [-0.05, 0) is 0 Å². The molecule has 0 aliphatic heterocycles. The molecule has 0 unspecified atom stereocenters. The maximum atomic E-state index is 8.42. The van der Waals surface area contributed by atoms with Gasteiger partial charge in [0.05, 0.1) is 28.2 Å². The molecule has 0 aliphatic rings.